The van der Waals surface area contributed by atoms with Crippen molar-refractivity contribution in [2.75, 3.05) is 5.32 Å². The van der Waals surface area contributed by atoms with Crippen molar-refractivity contribution in [1.29, 1.82) is 5.26 Å². The smallest absolute Gasteiger partial charge is 0.266 e. The lowest BCUT2D eigenvalue weighted by Crippen LogP contribution is -2.14. The third kappa shape index (κ3) is 3.82. The van der Waals surface area contributed by atoms with E-state index in [-0.39, 0.29) is 10.5 Å². The van der Waals surface area contributed by atoms with E-state index in [0.29, 0.717) is 11.3 Å². The lowest BCUT2D eigenvalue weighted by molar-refractivity contribution is -0.112. The van der Waals surface area contributed by atoms with Crippen molar-refractivity contribution >= 4 is 27.7 Å². The van der Waals surface area contributed by atoms with Crippen molar-refractivity contribution in [2.45, 2.75) is 4.90 Å². The van der Waals surface area contributed by atoms with Gasteiger partial charge in [-0.25, -0.2) is 13.6 Å². The van der Waals surface area contributed by atoms with Crippen LogP contribution in [0.25, 0.3) is 6.08 Å². The molecule has 112 valence electrons. The zero-order chi connectivity index (χ0) is 16.2. The number of hydrogen-bond donors (Lipinski definition) is 2. The van der Waals surface area contributed by atoms with E-state index in [4.69, 9.17) is 14.8 Å². The zero-order valence-corrected chi connectivity index (χ0v) is 12.0. The summed E-state index contributed by atoms with van der Waals surface area (Å²) in [5, 5.41) is 16.5. The summed E-state index contributed by atoms with van der Waals surface area (Å²) < 4.78 is 27.1. The van der Waals surface area contributed by atoms with E-state index in [1.807, 2.05) is 0 Å². The van der Waals surface area contributed by atoms with Gasteiger partial charge in [0.15, 0.2) is 0 Å². The van der Waals surface area contributed by atoms with Crippen LogP contribution in [0, 0.1) is 11.3 Å². The fourth-order valence-electron chi connectivity index (χ4n) is 1.60. The van der Waals surface area contributed by atoms with Gasteiger partial charge in [0, 0.05) is 11.3 Å². The summed E-state index contributed by atoms with van der Waals surface area (Å²) in [5.74, 6) is -0.618. The Hall–Kier alpha value is -2.89. The number of benzene rings is 1. The molecule has 8 heteroatoms. The third-order valence-corrected chi connectivity index (χ3v) is 3.59. The molecule has 0 spiro atoms. The zero-order valence-electron chi connectivity index (χ0n) is 11.2. The monoisotopic (exact) mass is 317 g/mol. The molecule has 22 heavy (non-hydrogen) atoms. The first-order valence-corrected chi connectivity index (χ1v) is 7.53. The molecule has 0 aliphatic rings. The van der Waals surface area contributed by atoms with Gasteiger partial charge in [-0.15, -0.1) is 0 Å². The molecule has 0 saturated heterocycles. The molecule has 7 nitrogen and oxygen atoms in total. The van der Waals surface area contributed by atoms with E-state index >= 15 is 0 Å². The van der Waals surface area contributed by atoms with Gasteiger partial charge in [0.05, 0.1) is 17.4 Å². The molecular weight excluding hydrogens is 306 g/mol. The first kappa shape index (κ1) is 15.5. The summed E-state index contributed by atoms with van der Waals surface area (Å²) in [6.45, 7) is 0. The van der Waals surface area contributed by atoms with Gasteiger partial charge in [-0.05, 0) is 36.4 Å². The second-order valence-electron chi connectivity index (χ2n) is 4.25. The standard InChI is InChI=1S/C14H11N3O4S/c15-8-11(7-10-5-6-21-9-10)14(18)17-12-1-3-13(4-2-12)22(16,19)20/h1-7,9H,(H,17,18)(H2,16,19,20)/b11-7+. The van der Waals surface area contributed by atoms with Crippen LogP contribution in [0.2, 0.25) is 0 Å². The summed E-state index contributed by atoms with van der Waals surface area (Å²) in [6, 6.07) is 8.67. The number of nitrogens with one attached hydrogen (secondary N) is 1. The first-order chi connectivity index (χ1) is 10.4. The molecule has 0 fully saturated rings. The number of amides is 1. The molecule has 2 aromatic rings. The number of carbonyl (C=O) groups is 1. The molecular formula is C14H11N3O4S. The van der Waals surface area contributed by atoms with Crippen LogP contribution in [0.5, 0.6) is 0 Å². The number of furan rings is 1. The number of nitrogens with two attached hydrogens (primary N) is 1. The Kier molecular flexibility index (Phi) is 4.41. The minimum absolute atomic E-state index is 0.0695. The lowest BCUT2D eigenvalue weighted by Gasteiger charge is -2.05. The highest BCUT2D eigenvalue weighted by atomic mass is 32.2. The van der Waals surface area contributed by atoms with Gasteiger partial charge >= 0.3 is 0 Å². The number of rotatable bonds is 4. The number of primary sulfonamides is 1. The summed E-state index contributed by atoms with van der Waals surface area (Å²) in [7, 11) is -3.79. The summed E-state index contributed by atoms with van der Waals surface area (Å²) in [5.41, 5.74) is 0.805. The minimum Gasteiger partial charge on any atom is -0.472 e. The van der Waals surface area contributed by atoms with Gasteiger partial charge < -0.3 is 9.73 Å². The largest absolute Gasteiger partial charge is 0.472 e. The Bertz CT molecular complexity index is 844. The summed E-state index contributed by atoms with van der Waals surface area (Å²) in [6.07, 6.45) is 4.19. The molecule has 0 unspecified atom stereocenters. The molecule has 1 heterocycles. The summed E-state index contributed by atoms with van der Waals surface area (Å²) in [4.78, 5) is 11.9. The van der Waals surface area contributed by atoms with Gasteiger partial charge in [-0.1, -0.05) is 0 Å². The van der Waals surface area contributed by atoms with Crippen LogP contribution < -0.4 is 10.5 Å². The molecule has 2 rings (SSSR count). The van der Waals surface area contributed by atoms with E-state index in [2.05, 4.69) is 5.32 Å². The van der Waals surface area contributed by atoms with E-state index in [9.17, 15) is 13.2 Å². The highest BCUT2D eigenvalue weighted by Crippen LogP contribution is 2.14. The molecule has 0 aliphatic carbocycles. The maximum absolute atomic E-state index is 12.0. The third-order valence-electron chi connectivity index (χ3n) is 2.66. The van der Waals surface area contributed by atoms with Gasteiger partial charge in [0.2, 0.25) is 10.0 Å². The average molecular weight is 317 g/mol. The Labute approximate surface area is 126 Å². The average Bonchev–Trinajstić information content (AvgIpc) is 2.97. The molecule has 0 saturated carbocycles. The number of carbonyl (C=O) groups excluding carboxylic acids is 1. The van der Waals surface area contributed by atoms with Crippen LogP contribution >= 0.6 is 0 Å². The minimum atomic E-state index is -3.79. The molecule has 0 aliphatic heterocycles. The van der Waals surface area contributed by atoms with Crippen LogP contribution in [0.1, 0.15) is 5.56 Å². The molecule has 0 atom stereocenters. The van der Waals surface area contributed by atoms with Crippen LogP contribution in [0.15, 0.2) is 57.7 Å². The second kappa shape index (κ2) is 6.26. The second-order valence-corrected chi connectivity index (χ2v) is 5.81. The van der Waals surface area contributed by atoms with Crippen LogP contribution in [-0.4, -0.2) is 14.3 Å². The molecule has 1 amide bonds. The van der Waals surface area contributed by atoms with Crippen molar-refractivity contribution < 1.29 is 17.6 Å². The number of anilines is 1. The van der Waals surface area contributed by atoms with E-state index in [0.717, 1.165) is 0 Å². The topological polar surface area (TPSA) is 126 Å². The van der Waals surface area contributed by atoms with E-state index < -0.39 is 15.9 Å². The highest BCUT2D eigenvalue weighted by molar-refractivity contribution is 7.89. The van der Waals surface area contributed by atoms with Crippen LogP contribution in [-0.2, 0) is 14.8 Å². The molecule has 3 N–H and O–H groups in total. The number of nitrogens with zero attached hydrogens (tertiary/aromatic N) is 1. The van der Waals surface area contributed by atoms with Gasteiger partial charge in [-0.3, -0.25) is 4.79 Å². The Balaban J connectivity index is 2.16. The van der Waals surface area contributed by atoms with Crippen molar-refractivity contribution in [1.82, 2.24) is 0 Å². The molecule has 0 radical (unpaired) electrons. The van der Waals surface area contributed by atoms with Crippen molar-refractivity contribution in [3.05, 3.63) is 54.0 Å². The number of hydrogen-bond acceptors (Lipinski definition) is 5. The predicted octanol–water partition coefficient (Wildman–Crippen LogP) is 1.47. The Morgan fingerprint density at radius 2 is 1.95 bits per heavy atom. The lowest BCUT2D eigenvalue weighted by atomic mass is 10.2. The molecule has 1 aromatic carbocycles. The van der Waals surface area contributed by atoms with Gasteiger partial charge in [0.1, 0.15) is 11.6 Å². The van der Waals surface area contributed by atoms with E-state index in [1.165, 1.54) is 42.9 Å². The van der Waals surface area contributed by atoms with Gasteiger partial charge in [0.25, 0.3) is 5.91 Å². The van der Waals surface area contributed by atoms with Crippen molar-refractivity contribution in [3.63, 3.8) is 0 Å². The SMILES string of the molecule is N#C/C(=C\c1ccoc1)C(=O)Nc1ccc(S(N)(=O)=O)cc1. The maximum Gasteiger partial charge on any atom is 0.266 e. The van der Waals surface area contributed by atoms with Crippen LogP contribution in [0.3, 0.4) is 0 Å². The van der Waals surface area contributed by atoms with Gasteiger partial charge in [-0.2, -0.15) is 5.26 Å². The number of nitriles is 1. The summed E-state index contributed by atoms with van der Waals surface area (Å²) >= 11 is 0. The predicted molar refractivity (Wildman–Crippen MR) is 78.7 cm³/mol. The molecule has 1 aromatic heterocycles. The number of sulfonamides is 1. The quantitative estimate of drug-likeness (QED) is 0.652. The maximum atomic E-state index is 12.0. The fourth-order valence-corrected chi connectivity index (χ4v) is 2.11. The van der Waals surface area contributed by atoms with Crippen molar-refractivity contribution in [3.8, 4) is 6.07 Å². The highest BCUT2D eigenvalue weighted by Gasteiger charge is 2.11. The Morgan fingerprint density at radius 1 is 1.27 bits per heavy atom. The Morgan fingerprint density at radius 3 is 2.45 bits per heavy atom. The van der Waals surface area contributed by atoms with Crippen LogP contribution in [0.4, 0.5) is 5.69 Å². The molecule has 0 bridgehead atoms. The normalized spacial score (nSPS) is 11.7. The first-order valence-electron chi connectivity index (χ1n) is 5.98. The fraction of sp³-hybridized carbons (Fsp3) is 0. The van der Waals surface area contributed by atoms with E-state index in [1.54, 1.807) is 12.1 Å². The van der Waals surface area contributed by atoms with Crippen molar-refractivity contribution in [2.24, 2.45) is 5.14 Å².